The van der Waals surface area contributed by atoms with Crippen molar-refractivity contribution in [2.75, 3.05) is 24.6 Å². The molecular weight excluding hydrogens is 240 g/mol. The number of anilines is 1. The van der Waals surface area contributed by atoms with E-state index in [4.69, 9.17) is 10.5 Å². The summed E-state index contributed by atoms with van der Waals surface area (Å²) in [7, 11) is 0. The molecule has 0 aliphatic rings. The average molecular weight is 266 g/mol. The zero-order valence-corrected chi connectivity index (χ0v) is 12.5. The molecule has 0 spiro atoms. The van der Waals surface area contributed by atoms with Gasteiger partial charge in [-0.2, -0.15) is 4.98 Å². The predicted molar refractivity (Wildman–Crippen MR) is 78.7 cm³/mol. The topological polar surface area (TPSA) is 64.3 Å². The number of aromatic nitrogens is 2. The SMILES string of the molecule is CCOc1cc(N(CCN)C(CC)CC)nc(C)n1. The molecular formula is C14H26N4O. The van der Waals surface area contributed by atoms with Crippen LogP contribution in [-0.2, 0) is 0 Å². The molecule has 0 amide bonds. The highest BCUT2D eigenvalue weighted by molar-refractivity contribution is 5.43. The smallest absolute Gasteiger partial charge is 0.218 e. The van der Waals surface area contributed by atoms with Gasteiger partial charge in [0.2, 0.25) is 5.88 Å². The summed E-state index contributed by atoms with van der Waals surface area (Å²) < 4.78 is 5.49. The van der Waals surface area contributed by atoms with E-state index in [1.165, 1.54) is 0 Å². The molecule has 5 heteroatoms. The molecule has 0 saturated heterocycles. The Morgan fingerprint density at radius 1 is 1.26 bits per heavy atom. The van der Waals surface area contributed by atoms with Gasteiger partial charge in [-0.3, -0.25) is 0 Å². The summed E-state index contributed by atoms with van der Waals surface area (Å²) in [6, 6.07) is 2.36. The minimum absolute atomic E-state index is 0.451. The highest BCUT2D eigenvalue weighted by Gasteiger charge is 2.17. The quantitative estimate of drug-likeness (QED) is 0.781. The lowest BCUT2D eigenvalue weighted by Gasteiger charge is -2.31. The molecule has 0 atom stereocenters. The number of aryl methyl sites for hydroxylation is 1. The highest BCUT2D eigenvalue weighted by atomic mass is 16.5. The van der Waals surface area contributed by atoms with E-state index in [9.17, 15) is 0 Å². The minimum Gasteiger partial charge on any atom is -0.478 e. The number of hydrogen-bond donors (Lipinski definition) is 1. The third kappa shape index (κ3) is 4.35. The molecule has 0 radical (unpaired) electrons. The van der Waals surface area contributed by atoms with Crippen LogP contribution in [0, 0.1) is 6.92 Å². The van der Waals surface area contributed by atoms with Crippen molar-refractivity contribution in [3.63, 3.8) is 0 Å². The Hall–Kier alpha value is -1.36. The van der Waals surface area contributed by atoms with Crippen molar-refractivity contribution in [3.8, 4) is 5.88 Å². The van der Waals surface area contributed by atoms with E-state index in [1.54, 1.807) is 0 Å². The van der Waals surface area contributed by atoms with Crippen molar-refractivity contribution in [2.45, 2.75) is 46.6 Å². The van der Waals surface area contributed by atoms with E-state index in [2.05, 4.69) is 28.7 Å². The zero-order chi connectivity index (χ0) is 14.3. The summed E-state index contributed by atoms with van der Waals surface area (Å²) in [4.78, 5) is 11.1. The fraction of sp³-hybridized carbons (Fsp3) is 0.714. The van der Waals surface area contributed by atoms with E-state index in [-0.39, 0.29) is 0 Å². The number of hydrogen-bond acceptors (Lipinski definition) is 5. The molecule has 0 aromatic carbocycles. The van der Waals surface area contributed by atoms with Gasteiger partial charge in [-0.15, -0.1) is 0 Å². The Bertz CT molecular complexity index is 380. The van der Waals surface area contributed by atoms with Gasteiger partial charge < -0.3 is 15.4 Å². The lowest BCUT2D eigenvalue weighted by molar-refractivity contribution is 0.325. The molecule has 2 N–H and O–H groups in total. The first kappa shape index (κ1) is 15.7. The van der Waals surface area contributed by atoms with Crippen molar-refractivity contribution in [1.82, 2.24) is 9.97 Å². The molecule has 5 nitrogen and oxygen atoms in total. The minimum atomic E-state index is 0.451. The van der Waals surface area contributed by atoms with Crippen molar-refractivity contribution < 1.29 is 4.74 Å². The van der Waals surface area contributed by atoms with Crippen LogP contribution in [0.3, 0.4) is 0 Å². The molecule has 1 aromatic heterocycles. The monoisotopic (exact) mass is 266 g/mol. The van der Waals surface area contributed by atoms with Gasteiger partial charge in [0.05, 0.1) is 6.61 Å². The summed E-state index contributed by atoms with van der Waals surface area (Å²) in [5, 5.41) is 0. The molecule has 0 fully saturated rings. The second-order valence-corrected chi connectivity index (χ2v) is 4.50. The fourth-order valence-corrected chi connectivity index (χ4v) is 2.25. The van der Waals surface area contributed by atoms with Crippen molar-refractivity contribution in [2.24, 2.45) is 5.73 Å². The van der Waals surface area contributed by atoms with Gasteiger partial charge in [0.15, 0.2) is 0 Å². The van der Waals surface area contributed by atoms with E-state index in [0.29, 0.717) is 25.1 Å². The van der Waals surface area contributed by atoms with Gasteiger partial charge >= 0.3 is 0 Å². The van der Waals surface area contributed by atoms with E-state index in [0.717, 1.165) is 31.0 Å². The molecule has 108 valence electrons. The van der Waals surface area contributed by atoms with Crippen LogP contribution in [0.2, 0.25) is 0 Å². The average Bonchev–Trinajstić information content (AvgIpc) is 2.38. The number of nitrogens with zero attached hydrogens (tertiary/aromatic N) is 3. The molecule has 19 heavy (non-hydrogen) atoms. The first-order chi connectivity index (χ1) is 9.15. The van der Waals surface area contributed by atoms with Gasteiger partial charge in [0, 0.05) is 25.2 Å². The maximum Gasteiger partial charge on any atom is 0.218 e. The summed E-state index contributed by atoms with van der Waals surface area (Å²) in [6.07, 6.45) is 2.15. The van der Waals surface area contributed by atoms with Gasteiger partial charge in [-0.05, 0) is 26.7 Å². The van der Waals surface area contributed by atoms with Crippen LogP contribution in [0.15, 0.2) is 6.07 Å². The standard InChI is InChI=1S/C14H26N4O/c1-5-12(6-2)18(9-8-15)13-10-14(19-7-3)17-11(4)16-13/h10,12H,5-9,15H2,1-4H3. The molecule has 1 heterocycles. The summed E-state index contributed by atoms with van der Waals surface area (Å²) in [5.74, 6) is 2.28. The van der Waals surface area contributed by atoms with E-state index in [1.807, 2.05) is 19.9 Å². The van der Waals surface area contributed by atoms with Gasteiger partial charge in [-0.1, -0.05) is 13.8 Å². The second kappa shape index (κ2) is 7.94. The van der Waals surface area contributed by atoms with Gasteiger partial charge in [0.1, 0.15) is 11.6 Å². The van der Waals surface area contributed by atoms with Crippen LogP contribution < -0.4 is 15.4 Å². The maximum atomic E-state index is 5.73. The number of ether oxygens (including phenoxy) is 1. The molecule has 0 saturated carbocycles. The predicted octanol–water partition coefficient (Wildman–Crippen LogP) is 2.14. The molecule has 0 aliphatic heterocycles. The highest BCUT2D eigenvalue weighted by Crippen LogP contribution is 2.21. The largest absolute Gasteiger partial charge is 0.478 e. The van der Waals surface area contributed by atoms with E-state index < -0.39 is 0 Å². The van der Waals surface area contributed by atoms with E-state index >= 15 is 0 Å². The molecule has 1 rings (SSSR count). The summed E-state index contributed by atoms with van der Waals surface area (Å²) >= 11 is 0. The molecule has 1 aromatic rings. The molecule has 0 bridgehead atoms. The lowest BCUT2D eigenvalue weighted by Crippen LogP contribution is -2.39. The van der Waals surface area contributed by atoms with Crippen LogP contribution in [0.1, 0.15) is 39.4 Å². The molecule has 0 aliphatic carbocycles. The second-order valence-electron chi connectivity index (χ2n) is 4.50. The third-order valence-corrected chi connectivity index (χ3v) is 3.14. The third-order valence-electron chi connectivity index (χ3n) is 3.14. The van der Waals surface area contributed by atoms with Gasteiger partial charge in [-0.25, -0.2) is 4.98 Å². The number of nitrogens with two attached hydrogens (primary N) is 1. The lowest BCUT2D eigenvalue weighted by atomic mass is 10.1. The first-order valence-electron chi connectivity index (χ1n) is 7.11. The van der Waals surface area contributed by atoms with Crippen molar-refractivity contribution in [1.29, 1.82) is 0 Å². The zero-order valence-electron chi connectivity index (χ0n) is 12.5. The fourth-order valence-electron chi connectivity index (χ4n) is 2.25. The number of rotatable bonds is 8. The van der Waals surface area contributed by atoms with Crippen LogP contribution in [-0.4, -0.2) is 35.7 Å². The summed E-state index contributed by atoms with van der Waals surface area (Å²) in [6.45, 7) is 10.2. The molecule has 0 unspecified atom stereocenters. The first-order valence-corrected chi connectivity index (χ1v) is 7.11. The normalized spacial score (nSPS) is 10.8. The van der Waals surface area contributed by atoms with Crippen molar-refractivity contribution in [3.05, 3.63) is 11.9 Å². The Labute approximate surface area is 116 Å². The summed E-state index contributed by atoms with van der Waals surface area (Å²) in [5.41, 5.74) is 5.73. The Kier molecular flexibility index (Phi) is 6.56. The Balaban J connectivity index is 3.06. The van der Waals surface area contributed by atoms with Crippen molar-refractivity contribution >= 4 is 5.82 Å². The van der Waals surface area contributed by atoms with Crippen LogP contribution >= 0.6 is 0 Å². The van der Waals surface area contributed by atoms with Crippen LogP contribution in [0.5, 0.6) is 5.88 Å². The maximum absolute atomic E-state index is 5.73. The van der Waals surface area contributed by atoms with Gasteiger partial charge in [0.25, 0.3) is 0 Å². The Morgan fingerprint density at radius 2 is 1.95 bits per heavy atom. The van der Waals surface area contributed by atoms with Crippen LogP contribution in [0.4, 0.5) is 5.82 Å². The Morgan fingerprint density at radius 3 is 2.47 bits per heavy atom. The van der Waals surface area contributed by atoms with Crippen LogP contribution in [0.25, 0.3) is 0 Å².